The Balaban J connectivity index is 2.52. The molecule has 1 aromatic heterocycles. The Morgan fingerprint density at radius 1 is 1.70 bits per heavy atom. The fourth-order valence-electron chi connectivity index (χ4n) is 0.440. The molecule has 1 aromatic rings. The molecule has 52 valence electrons. The summed E-state index contributed by atoms with van der Waals surface area (Å²) in [5.74, 6) is 3.20. The molecular weight excluding hydrogens is 164 g/mol. The molecule has 1 heterocycles. The summed E-state index contributed by atoms with van der Waals surface area (Å²) in [5, 5.41) is 8.72. The molecule has 0 saturated heterocycles. The van der Waals surface area contributed by atoms with Gasteiger partial charge in [0, 0.05) is 0 Å². The number of thioether (sulfide) groups is 1. The van der Waals surface area contributed by atoms with Crippen LogP contribution in [0.4, 0.5) is 0 Å². The first kappa shape index (κ1) is 7.58. The van der Waals surface area contributed by atoms with Gasteiger partial charge in [0.15, 0.2) is 4.34 Å². The molecule has 0 unspecified atom stereocenters. The van der Waals surface area contributed by atoms with Crippen LogP contribution in [0.3, 0.4) is 0 Å². The topological polar surface area (TPSA) is 25.8 Å². The van der Waals surface area contributed by atoms with Gasteiger partial charge < -0.3 is 0 Å². The molecule has 0 aromatic carbocycles. The lowest BCUT2D eigenvalue weighted by Crippen LogP contribution is -1.72. The lowest BCUT2D eigenvalue weighted by molar-refractivity contribution is 0.985. The molecule has 4 heteroatoms. The first-order valence-corrected chi connectivity index (χ1v) is 4.49. The molecule has 0 N–H and O–H groups in total. The van der Waals surface area contributed by atoms with Crippen LogP contribution in [0.5, 0.6) is 0 Å². The van der Waals surface area contributed by atoms with Crippen molar-refractivity contribution in [3.63, 3.8) is 0 Å². The molecule has 0 radical (unpaired) electrons. The van der Waals surface area contributed by atoms with E-state index in [2.05, 4.69) is 16.1 Å². The quantitative estimate of drug-likeness (QED) is 0.498. The molecule has 10 heavy (non-hydrogen) atoms. The zero-order valence-electron chi connectivity index (χ0n) is 5.50. The van der Waals surface area contributed by atoms with Gasteiger partial charge in [-0.1, -0.05) is 29.0 Å². The Hall–Kier alpha value is -0.530. The van der Waals surface area contributed by atoms with Gasteiger partial charge in [-0.25, -0.2) is 0 Å². The van der Waals surface area contributed by atoms with Crippen LogP contribution in [0.25, 0.3) is 0 Å². The first-order valence-electron chi connectivity index (χ1n) is 2.69. The summed E-state index contributed by atoms with van der Waals surface area (Å²) in [6.45, 7) is 1.93. The summed E-state index contributed by atoms with van der Waals surface area (Å²) in [6, 6.07) is 0. The Kier molecular flexibility index (Phi) is 2.72. The SMILES string of the molecule is C#CCSc1nnc(C)s1. The fraction of sp³-hybridized carbons (Fsp3) is 0.333. The van der Waals surface area contributed by atoms with Gasteiger partial charge in [-0.05, 0) is 6.92 Å². The number of aromatic nitrogens is 2. The minimum atomic E-state index is 0.675. The van der Waals surface area contributed by atoms with Gasteiger partial charge in [-0.3, -0.25) is 0 Å². The zero-order valence-corrected chi connectivity index (χ0v) is 7.13. The predicted molar refractivity (Wildman–Crippen MR) is 44.2 cm³/mol. The maximum absolute atomic E-state index is 5.07. The molecule has 0 saturated carbocycles. The maximum atomic E-state index is 5.07. The molecule has 0 fully saturated rings. The highest BCUT2D eigenvalue weighted by molar-refractivity contribution is 8.01. The normalized spacial score (nSPS) is 9.20. The third-order valence-corrected chi connectivity index (χ3v) is 2.66. The second-order valence-corrected chi connectivity index (χ2v) is 3.98. The van der Waals surface area contributed by atoms with Crippen molar-refractivity contribution in [2.24, 2.45) is 0 Å². The van der Waals surface area contributed by atoms with Gasteiger partial charge in [0.05, 0.1) is 5.75 Å². The molecule has 0 aliphatic heterocycles. The maximum Gasteiger partial charge on any atom is 0.175 e. The smallest absolute Gasteiger partial charge is 0.143 e. The largest absolute Gasteiger partial charge is 0.175 e. The molecule has 2 nitrogen and oxygen atoms in total. The summed E-state index contributed by atoms with van der Waals surface area (Å²) in [6.07, 6.45) is 5.07. The second-order valence-electron chi connectivity index (χ2n) is 1.58. The number of rotatable bonds is 2. The third kappa shape index (κ3) is 2.01. The van der Waals surface area contributed by atoms with Crippen molar-refractivity contribution in [1.29, 1.82) is 0 Å². The lowest BCUT2D eigenvalue weighted by Gasteiger charge is -1.83. The predicted octanol–water partition coefficient (Wildman–Crippen LogP) is 1.57. The van der Waals surface area contributed by atoms with E-state index in [1.807, 2.05) is 6.92 Å². The van der Waals surface area contributed by atoms with Crippen LogP contribution < -0.4 is 0 Å². The fourth-order valence-corrected chi connectivity index (χ4v) is 1.94. The summed E-state index contributed by atoms with van der Waals surface area (Å²) < 4.78 is 0.954. The summed E-state index contributed by atoms with van der Waals surface area (Å²) in [4.78, 5) is 0. The minimum absolute atomic E-state index is 0.675. The highest BCUT2D eigenvalue weighted by atomic mass is 32.2. The number of terminal acetylenes is 1. The van der Waals surface area contributed by atoms with Crippen LogP contribution in [-0.4, -0.2) is 16.0 Å². The van der Waals surface area contributed by atoms with Crippen molar-refractivity contribution in [2.75, 3.05) is 5.75 Å². The zero-order chi connectivity index (χ0) is 7.40. The number of hydrogen-bond donors (Lipinski definition) is 0. The minimum Gasteiger partial charge on any atom is -0.143 e. The van der Waals surface area contributed by atoms with Gasteiger partial charge in [0.1, 0.15) is 5.01 Å². The van der Waals surface area contributed by atoms with Crippen LogP contribution in [0, 0.1) is 19.3 Å². The Morgan fingerprint density at radius 3 is 3.00 bits per heavy atom. The second kappa shape index (κ2) is 3.59. The molecule has 0 bridgehead atoms. The van der Waals surface area contributed by atoms with E-state index in [0.717, 1.165) is 9.35 Å². The van der Waals surface area contributed by atoms with Gasteiger partial charge in [-0.15, -0.1) is 16.6 Å². The standard InChI is InChI=1S/C6H6N2S2/c1-3-4-9-6-8-7-5(2)10-6/h1H,4H2,2H3. The number of aryl methyl sites for hydroxylation is 1. The number of nitrogens with zero attached hydrogens (tertiary/aromatic N) is 2. The lowest BCUT2D eigenvalue weighted by atomic mass is 10.8. The van der Waals surface area contributed by atoms with E-state index < -0.39 is 0 Å². The molecule has 1 rings (SSSR count). The number of hydrogen-bond acceptors (Lipinski definition) is 4. The average Bonchev–Trinajstić information content (AvgIpc) is 2.31. The van der Waals surface area contributed by atoms with Crippen LogP contribution in [0.1, 0.15) is 5.01 Å². The van der Waals surface area contributed by atoms with E-state index in [9.17, 15) is 0 Å². The molecule has 0 atom stereocenters. The molecule has 0 aliphatic carbocycles. The first-order chi connectivity index (χ1) is 4.83. The Labute approximate surface area is 68.1 Å². The van der Waals surface area contributed by atoms with E-state index >= 15 is 0 Å². The van der Waals surface area contributed by atoms with Crippen molar-refractivity contribution in [3.8, 4) is 12.3 Å². The average molecular weight is 170 g/mol. The van der Waals surface area contributed by atoms with Crippen molar-refractivity contribution in [2.45, 2.75) is 11.3 Å². The van der Waals surface area contributed by atoms with E-state index in [-0.39, 0.29) is 0 Å². The Morgan fingerprint density at radius 2 is 2.50 bits per heavy atom. The van der Waals surface area contributed by atoms with Crippen molar-refractivity contribution in [3.05, 3.63) is 5.01 Å². The van der Waals surface area contributed by atoms with Gasteiger partial charge >= 0.3 is 0 Å². The summed E-state index contributed by atoms with van der Waals surface area (Å²) in [7, 11) is 0. The van der Waals surface area contributed by atoms with Gasteiger partial charge in [-0.2, -0.15) is 0 Å². The van der Waals surface area contributed by atoms with E-state index in [4.69, 9.17) is 6.42 Å². The van der Waals surface area contributed by atoms with Crippen LogP contribution in [0.15, 0.2) is 4.34 Å². The van der Waals surface area contributed by atoms with Crippen LogP contribution >= 0.6 is 23.1 Å². The van der Waals surface area contributed by atoms with E-state index in [0.29, 0.717) is 5.75 Å². The third-order valence-electron chi connectivity index (χ3n) is 0.786. The highest BCUT2D eigenvalue weighted by Crippen LogP contribution is 2.20. The van der Waals surface area contributed by atoms with E-state index in [1.165, 1.54) is 0 Å². The van der Waals surface area contributed by atoms with Crippen LogP contribution in [-0.2, 0) is 0 Å². The molecule has 0 spiro atoms. The molecule has 0 aliphatic rings. The summed E-state index contributed by atoms with van der Waals surface area (Å²) >= 11 is 3.12. The van der Waals surface area contributed by atoms with E-state index in [1.54, 1.807) is 23.1 Å². The monoisotopic (exact) mass is 170 g/mol. The van der Waals surface area contributed by atoms with Gasteiger partial charge in [0.2, 0.25) is 0 Å². The van der Waals surface area contributed by atoms with Crippen LogP contribution in [0.2, 0.25) is 0 Å². The molecule has 0 amide bonds. The Bertz CT molecular complexity index is 248. The molecular formula is C6H6N2S2. The van der Waals surface area contributed by atoms with Crippen molar-refractivity contribution >= 4 is 23.1 Å². The highest BCUT2D eigenvalue weighted by Gasteiger charge is 1.97. The van der Waals surface area contributed by atoms with Crippen molar-refractivity contribution in [1.82, 2.24) is 10.2 Å². The van der Waals surface area contributed by atoms with Crippen molar-refractivity contribution < 1.29 is 0 Å². The van der Waals surface area contributed by atoms with Gasteiger partial charge in [0.25, 0.3) is 0 Å². The summed E-state index contributed by atoms with van der Waals surface area (Å²) in [5.41, 5.74) is 0.